The average Bonchev–Trinajstić information content (AvgIpc) is 3.41. The van der Waals surface area contributed by atoms with Crippen molar-refractivity contribution < 1.29 is 9.53 Å². The lowest BCUT2D eigenvalue weighted by Gasteiger charge is -2.24. The van der Waals surface area contributed by atoms with Gasteiger partial charge >= 0.3 is 0 Å². The molecule has 1 atom stereocenters. The molecular weight excluding hydrogens is 396 g/mol. The SMILES string of the molecule is C=N/C=C(/NC(=O)c1nc(N2CCC3(CCNC3)C2)cnc1N)C(=C)N(C)CCOC. The molecule has 4 N–H and O–H groups in total. The molecule has 2 saturated heterocycles. The van der Waals surface area contributed by atoms with Gasteiger partial charge < -0.3 is 30.9 Å². The number of likely N-dealkylation sites (N-methyl/N-ethyl adjacent to an activating group) is 1. The average molecular weight is 429 g/mol. The maximum atomic E-state index is 13.0. The molecule has 0 radical (unpaired) electrons. The molecule has 0 aromatic carbocycles. The fourth-order valence-corrected chi connectivity index (χ4v) is 4.00. The zero-order valence-corrected chi connectivity index (χ0v) is 18.4. The molecule has 1 aromatic heterocycles. The van der Waals surface area contributed by atoms with E-state index in [9.17, 15) is 4.79 Å². The fourth-order valence-electron chi connectivity index (χ4n) is 4.00. The summed E-state index contributed by atoms with van der Waals surface area (Å²) in [6.45, 7) is 12.5. The largest absolute Gasteiger partial charge is 0.383 e. The molecule has 1 spiro atoms. The van der Waals surface area contributed by atoms with Crippen molar-refractivity contribution in [3.05, 3.63) is 36.1 Å². The molecule has 0 aliphatic carbocycles. The molecule has 1 unspecified atom stereocenters. The number of nitrogens with two attached hydrogens (primary N) is 1. The van der Waals surface area contributed by atoms with E-state index in [1.165, 1.54) is 6.20 Å². The van der Waals surface area contributed by atoms with Crippen LogP contribution in [-0.4, -0.2) is 81.0 Å². The lowest BCUT2D eigenvalue weighted by Crippen LogP contribution is -2.32. The first kappa shape index (κ1) is 22.7. The highest BCUT2D eigenvalue weighted by atomic mass is 16.5. The summed E-state index contributed by atoms with van der Waals surface area (Å²) in [5.74, 6) is 0.257. The van der Waals surface area contributed by atoms with Crippen molar-refractivity contribution in [3.8, 4) is 0 Å². The number of nitrogens with zero attached hydrogens (tertiary/aromatic N) is 5. The van der Waals surface area contributed by atoms with Gasteiger partial charge in [-0.25, -0.2) is 9.97 Å². The summed E-state index contributed by atoms with van der Waals surface area (Å²) in [5.41, 5.74) is 7.31. The molecule has 1 aromatic rings. The van der Waals surface area contributed by atoms with Crippen molar-refractivity contribution in [1.82, 2.24) is 25.5 Å². The maximum Gasteiger partial charge on any atom is 0.278 e. The summed E-state index contributed by atoms with van der Waals surface area (Å²) in [5, 5.41) is 6.24. The molecule has 2 aliphatic heterocycles. The maximum absolute atomic E-state index is 13.0. The van der Waals surface area contributed by atoms with E-state index in [0.29, 0.717) is 30.4 Å². The van der Waals surface area contributed by atoms with Crippen LogP contribution in [-0.2, 0) is 4.74 Å². The number of methoxy groups -OCH3 is 1. The van der Waals surface area contributed by atoms with Crippen molar-refractivity contribution in [3.63, 3.8) is 0 Å². The van der Waals surface area contributed by atoms with E-state index in [0.717, 1.165) is 39.0 Å². The Labute approximate surface area is 183 Å². The van der Waals surface area contributed by atoms with E-state index >= 15 is 0 Å². The van der Waals surface area contributed by atoms with Crippen molar-refractivity contribution >= 4 is 24.3 Å². The topological polar surface area (TPSA) is 121 Å². The Morgan fingerprint density at radius 3 is 3.03 bits per heavy atom. The Morgan fingerprint density at radius 1 is 1.55 bits per heavy atom. The van der Waals surface area contributed by atoms with Gasteiger partial charge in [-0.15, -0.1) is 0 Å². The highest BCUT2D eigenvalue weighted by Crippen LogP contribution is 2.37. The van der Waals surface area contributed by atoms with Crippen LogP contribution < -0.4 is 21.3 Å². The summed E-state index contributed by atoms with van der Waals surface area (Å²) in [4.78, 5) is 29.6. The van der Waals surface area contributed by atoms with Gasteiger partial charge in [0.2, 0.25) is 0 Å². The lowest BCUT2D eigenvalue weighted by atomic mass is 9.87. The second-order valence-corrected chi connectivity index (χ2v) is 8.10. The molecule has 1 amide bonds. The fraction of sp³-hybridized carbons (Fsp3) is 0.524. The quantitative estimate of drug-likeness (QED) is 0.386. The zero-order valence-electron chi connectivity index (χ0n) is 18.4. The predicted molar refractivity (Wildman–Crippen MR) is 122 cm³/mol. The standard InChI is InChI=1S/C21H32N8O2/c1-15(28(3)9-10-31-4)16(11-23-2)26-20(30)18-19(22)25-12-17(27-18)29-8-6-21(14-29)5-7-24-13-21/h11-12,24H,1-2,5-10,13-14H2,3-4H3,(H2,22,25)(H,26,30)/b16-11+. The third kappa shape index (κ3) is 5.20. The van der Waals surface area contributed by atoms with Gasteiger partial charge in [0.25, 0.3) is 5.91 Å². The molecule has 2 fully saturated rings. The number of rotatable bonds is 9. The molecule has 3 heterocycles. The minimum Gasteiger partial charge on any atom is -0.383 e. The van der Waals surface area contributed by atoms with Gasteiger partial charge in [-0.3, -0.25) is 9.79 Å². The first-order chi connectivity index (χ1) is 14.9. The van der Waals surface area contributed by atoms with Crippen molar-refractivity contribution in [2.24, 2.45) is 10.4 Å². The number of ether oxygens (including phenoxy) is 1. The summed E-state index contributed by atoms with van der Waals surface area (Å²) in [6, 6.07) is 0. The molecule has 31 heavy (non-hydrogen) atoms. The van der Waals surface area contributed by atoms with Gasteiger partial charge in [0.05, 0.1) is 30.4 Å². The highest BCUT2D eigenvalue weighted by molar-refractivity contribution is 5.98. The van der Waals surface area contributed by atoms with Gasteiger partial charge in [-0.2, -0.15) is 0 Å². The number of nitrogens with one attached hydrogen (secondary N) is 2. The van der Waals surface area contributed by atoms with Crippen LogP contribution in [0, 0.1) is 5.41 Å². The molecule has 2 aliphatic rings. The van der Waals surface area contributed by atoms with E-state index < -0.39 is 5.91 Å². The number of anilines is 2. The van der Waals surface area contributed by atoms with E-state index in [1.807, 2.05) is 11.9 Å². The number of aromatic nitrogens is 2. The van der Waals surface area contributed by atoms with E-state index in [2.05, 4.69) is 43.8 Å². The number of nitrogen functional groups attached to an aromatic ring is 1. The van der Waals surface area contributed by atoms with Gasteiger partial charge in [0, 0.05) is 45.8 Å². The molecule has 0 bridgehead atoms. The van der Waals surface area contributed by atoms with Crippen LogP contribution in [0.2, 0.25) is 0 Å². The molecule has 168 valence electrons. The summed E-state index contributed by atoms with van der Waals surface area (Å²) in [7, 11) is 3.47. The van der Waals surface area contributed by atoms with Crippen molar-refractivity contribution in [1.29, 1.82) is 0 Å². The van der Waals surface area contributed by atoms with Crippen molar-refractivity contribution in [2.75, 3.05) is 64.1 Å². The summed E-state index contributed by atoms with van der Waals surface area (Å²) in [6.07, 6.45) is 5.32. The van der Waals surface area contributed by atoms with Gasteiger partial charge in [0.15, 0.2) is 11.5 Å². The van der Waals surface area contributed by atoms with Gasteiger partial charge in [-0.1, -0.05) is 6.58 Å². The normalized spacial score (nSPS) is 20.8. The van der Waals surface area contributed by atoms with Crippen LogP contribution in [0.5, 0.6) is 0 Å². The van der Waals surface area contributed by atoms with Crippen LogP contribution in [0.4, 0.5) is 11.6 Å². The second kappa shape index (κ2) is 9.88. The second-order valence-electron chi connectivity index (χ2n) is 8.10. The Bertz CT molecular complexity index is 863. The minimum atomic E-state index is -0.473. The number of hydrogen-bond donors (Lipinski definition) is 3. The third-order valence-corrected chi connectivity index (χ3v) is 5.97. The third-order valence-electron chi connectivity index (χ3n) is 5.97. The number of carbonyl (C=O) groups is 1. The van der Waals surface area contributed by atoms with Crippen LogP contribution in [0.15, 0.2) is 35.4 Å². The molecule has 10 nitrogen and oxygen atoms in total. The van der Waals surface area contributed by atoms with Gasteiger partial charge in [0.1, 0.15) is 5.82 Å². The zero-order chi connectivity index (χ0) is 22.4. The summed E-state index contributed by atoms with van der Waals surface area (Å²) < 4.78 is 5.10. The Balaban J connectivity index is 1.74. The van der Waals surface area contributed by atoms with E-state index in [-0.39, 0.29) is 16.9 Å². The Morgan fingerprint density at radius 2 is 2.35 bits per heavy atom. The van der Waals surface area contributed by atoms with Crippen molar-refractivity contribution in [2.45, 2.75) is 12.8 Å². The minimum absolute atomic E-state index is 0.0713. The smallest absolute Gasteiger partial charge is 0.278 e. The van der Waals surface area contributed by atoms with Crippen LogP contribution in [0.25, 0.3) is 0 Å². The molecule has 0 saturated carbocycles. The van der Waals surface area contributed by atoms with E-state index in [1.54, 1.807) is 13.3 Å². The first-order valence-electron chi connectivity index (χ1n) is 10.3. The van der Waals surface area contributed by atoms with Crippen LogP contribution in [0.3, 0.4) is 0 Å². The lowest BCUT2D eigenvalue weighted by molar-refractivity contribution is 0.0960. The van der Waals surface area contributed by atoms with Crippen LogP contribution >= 0.6 is 0 Å². The highest BCUT2D eigenvalue weighted by Gasteiger charge is 2.41. The van der Waals surface area contributed by atoms with Gasteiger partial charge in [-0.05, 0) is 26.1 Å². The predicted octanol–water partition coefficient (Wildman–Crippen LogP) is 0.612. The number of amides is 1. The Hall–Kier alpha value is -2.98. The Kier molecular flexibility index (Phi) is 7.24. The molecule has 10 heteroatoms. The number of carbonyl (C=O) groups excluding carboxylic acids is 1. The van der Waals surface area contributed by atoms with Crippen LogP contribution in [0.1, 0.15) is 23.3 Å². The monoisotopic (exact) mass is 428 g/mol. The van der Waals surface area contributed by atoms with E-state index in [4.69, 9.17) is 10.5 Å². The number of hydrogen-bond acceptors (Lipinski definition) is 9. The number of aliphatic imine (C=N–C) groups is 1. The summed E-state index contributed by atoms with van der Waals surface area (Å²) >= 11 is 0. The molecule has 3 rings (SSSR count). The molecular formula is C21H32N8O2. The first-order valence-corrected chi connectivity index (χ1v) is 10.3.